The van der Waals surface area contributed by atoms with Crippen molar-refractivity contribution in [3.63, 3.8) is 0 Å². The molecule has 0 atom stereocenters. The fourth-order valence-electron chi connectivity index (χ4n) is 3.22. The van der Waals surface area contributed by atoms with Crippen molar-refractivity contribution in [2.75, 3.05) is 6.61 Å². The van der Waals surface area contributed by atoms with Gasteiger partial charge in [0.2, 0.25) is 5.17 Å². The van der Waals surface area contributed by atoms with E-state index in [-0.39, 0.29) is 29.8 Å². The predicted molar refractivity (Wildman–Crippen MR) is 136 cm³/mol. The Kier molecular flexibility index (Phi) is 7.18. The number of hydrazone groups is 1. The van der Waals surface area contributed by atoms with Crippen molar-refractivity contribution in [3.05, 3.63) is 63.4 Å². The first-order chi connectivity index (χ1) is 16.3. The molecule has 0 saturated heterocycles. The second-order valence-corrected chi connectivity index (χ2v) is 9.63. The SMILES string of the molecule is CCOc1cc(C=C2C(=N)N3N=C(C(C)C)SC3=NC2=O)cc(Br)c1OCc1ccc(F)cc1. The monoisotopic (exact) mass is 544 g/mol. The van der Waals surface area contributed by atoms with Gasteiger partial charge in [0.05, 0.1) is 16.7 Å². The van der Waals surface area contributed by atoms with Gasteiger partial charge >= 0.3 is 0 Å². The number of halogens is 2. The summed E-state index contributed by atoms with van der Waals surface area (Å²) >= 11 is 4.83. The van der Waals surface area contributed by atoms with Crippen LogP contribution in [0, 0.1) is 17.1 Å². The van der Waals surface area contributed by atoms with E-state index in [1.165, 1.54) is 28.9 Å². The number of fused-ring (bicyclic) bond motifs is 1. The molecule has 2 aromatic carbocycles. The van der Waals surface area contributed by atoms with Crippen molar-refractivity contribution in [2.24, 2.45) is 16.0 Å². The van der Waals surface area contributed by atoms with Crippen LogP contribution >= 0.6 is 27.7 Å². The highest BCUT2D eigenvalue weighted by atomic mass is 79.9. The summed E-state index contributed by atoms with van der Waals surface area (Å²) in [5.41, 5.74) is 1.57. The minimum atomic E-state index is -0.491. The second-order valence-electron chi connectivity index (χ2n) is 7.79. The molecule has 0 radical (unpaired) electrons. The molecule has 0 bridgehead atoms. The van der Waals surface area contributed by atoms with Crippen molar-refractivity contribution in [3.8, 4) is 11.5 Å². The lowest BCUT2D eigenvalue weighted by atomic mass is 10.1. The third kappa shape index (κ3) is 5.07. The first-order valence-corrected chi connectivity index (χ1v) is 12.2. The number of hydrogen-bond donors (Lipinski definition) is 1. The Labute approximate surface area is 209 Å². The maximum Gasteiger partial charge on any atom is 0.283 e. The van der Waals surface area contributed by atoms with E-state index in [1.807, 2.05) is 20.8 Å². The van der Waals surface area contributed by atoms with Gasteiger partial charge in [-0.25, -0.2) is 4.39 Å². The highest BCUT2D eigenvalue weighted by molar-refractivity contribution is 9.10. The van der Waals surface area contributed by atoms with E-state index in [0.29, 0.717) is 33.3 Å². The Balaban J connectivity index is 1.62. The first-order valence-electron chi connectivity index (χ1n) is 10.6. The number of nitrogens with one attached hydrogen (secondary N) is 1. The van der Waals surface area contributed by atoms with Crippen molar-refractivity contribution in [2.45, 2.75) is 27.4 Å². The van der Waals surface area contributed by atoms with Crippen molar-refractivity contribution >= 4 is 55.7 Å². The van der Waals surface area contributed by atoms with E-state index in [0.717, 1.165) is 10.6 Å². The van der Waals surface area contributed by atoms with Crippen LogP contribution in [-0.4, -0.2) is 33.6 Å². The molecular weight excluding hydrogens is 523 g/mol. The zero-order valence-corrected chi connectivity index (χ0v) is 21.2. The van der Waals surface area contributed by atoms with Crippen molar-refractivity contribution < 1.29 is 18.7 Å². The standard InChI is InChI=1S/C24H22BrFN4O3S/c1-4-32-19-11-15(10-18(25)20(19)33-12-14-5-7-16(26)8-6-14)9-17-21(27)30-24(28-22(17)31)34-23(29-30)13(2)3/h5-11,13,27H,4,12H2,1-3H3. The predicted octanol–water partition coefficient (Wildman–Crippen LogP) is 5.84. The van der Waals surface area contributed by atoms with Crippen LogP contribution in [0.2, 0.25) is 0 Å². The number of ether oxygens (including phenoxy) is 2. The van der Waals surface area contributed by atoms with Crippen molar-refractivity contribution in [1.29, 1.82) is 5.41 Å². The topological polar surface area (TPSA) is 87.3 Å². The van der Waals surface area contributed by atoms with Crippen LogP contribution in [0.4, 0.5) is 4.39 Å². The average molecular weight is 545 g/mol. The Hall–Kier alpha value is -2.98. The van der Waals surface area contributed by atoms with Gasteiger partial charge in [-0.15, -0.1) is 0 Å². The molecule has 2 aliphatic rings. The Morgan fingerprint density at radius 3 is 2.65 bits per heavy atom. The largest absolute Gasteiger partial charge is 0.490 e. The Morgan fingerprint density at radius 2 is 1.97 bits per heavy atom. The fraction of sp³-hybridized carbons (Fsp3) is 0.250. The number of aliphatic imine (C=N–C) groups is 1. The third-order valence-corrected chi connectivity index (χ3v) is 6.70. The quantitative estimate of drug-likeness (QED) is 0.442. The first kappa shape index (κ1) is 24.2. The van der Waals surface area contributed by atoms with E-state index in [1.54, 1.807) is 30.3 Å². The molecule has 0 aromatic heterocycles. The van der Waals surface area contributed by atoms with Gasteiger partial charge in [-0.2, -0.15) is 15.1 Å². The molecule has 0 saturated carbocycles. The van der Waals surface area contributed by atoms with Gasteiger partial charge in [0.15, 0.2) is 17.3 Å². The van der Waals surface area contributed by atoms with Crippen LogP contribution < -0.4 is 9.47 Å². The molecule has 1 amide bonds. The number of amidine groups is 2. The summed E-state index contributed by atoms with van der Waals surface area (Å²) in [4.78, 5) is 16.8. The number of carbonyl (C=O) groups is 1. The molecule has 2 heterocycles. The molecule has 0 fully saturated rings. The van der Waals surface area contributed by atoms with Crippen LogP contribution in [0.15, 0.2) is 56.5 Å². The molecule has 1 N–H and O–H groups in total. The van der Waals surface area contributed by atoms with E-state index in [4.69, 9.17) is 14.9 Å². The molecule has 176 valence electrons. The van der Waals surface area contributed by atoms with Gasteiger partial charge in [0, 0.05) is 5.92 Å². The Morgan fingerprint density at radius 1 is 1.24 bits per heavy atom. The molecule has 0 spiro atoms. The number of amides is 1. The fourth-order valence-corrected chi connectivity index (χ4v) is 4.68. The highest BCUT2D eigenvalue weighted by Gasteiger charge is 2.36. The van der Waals surface area contributed by atoms with E-state index >= 15 is 0 Å². The highest BCUT2D eigenvalue weighted by Crippen LogP contribution is 2.39. The van der Waals surface area contributed by atoms with E-state index in [2.05, 4.69) is 26.0 Å². The molecule has 0 unspecified atom stereocenters. The van der Waals surface area contributed by atoms with Gasteiger partial charge < -0.3 is 9.47 Å². The number of nitrogens with zero attached hydrogens (tertiary/aromatic N) is 3. The molecule has 2 aliphatic heterocycles. The van der Waals surface area contributed by atoms with Crippen molar-refractivity contribution in [1.82, 2.24) is 5.01 Å². The van der Waals surface area contributed by atoms with E-state index in [9.17, 15) is 9.18 Å². The summed E-state index contributed by atoms with van der Waals surface area (Å²) in [5.74, 6) is 0.303. The number of carbonyl (C=O) groups excluding carboxylic acids is 1. The van der Waals surface area contributed by atoms with Gasteiger partial charge in [0.1, 0.15) is 17.5 Å². The maximum absolute atomic E-state index is 13.2. The zero-order chi connectivity index (χ0) is 24.4. The summed E-state index contributed by atoms with van der Waals surface area (Å²) in [7, 11) is 0. The minimum absolute atomic E-state index is 0.0242. The Bertz CT molecular complexity index is 1240. The number of hydrogen-bond acceptors (Lipinski definition) is 6. The normalized spacial score (nSPS) is 16.6. The molecule has 10 heteroatoms. The smallest absolute Gasteiger partial charge is 0.283 e. The van der Waals surface area contributed by atoms with Crippen LogP contribution in [0.5, 0.6) is 11.5 Å². The summed E-state index contributed by atoms with van der Waals surface area (Å²) < 4.78 is 25.5. The number of rotatable bonds is 7. The van der Waals surface area contributed by atoms with Gasteiger partial charge in [-0.3, -0.25) is 10.2 Å². The maximum atomic E-state index is 13.2. The summed E-state index contributed by atoms with van der Waals surface area (Å²) in [6.45, 7) is 6.48. The lowest BCUT2D eigenvalue weighted by molar-refractivity contribution is -0.114. The molecule has 2 aromatic rings. The molecule has 0 aliphatic carbocycles. The second kappa shape index (κ2) is 10.1. The zero-order valence-electron chi connectivity index (χ0n) is 18.8. The third-order valence-electron chi connectivity index (χ3n) is 4.90. The van der Waals surface area contributed by atoms with Gasteiger partial charge in [-0.1, -0.05) is 26.0 Å². The average Bonchev–Trinajstić information content (AvgIpc) is 3.22. The van der Waals surface area contributed by atoms with E-state index < -0.39 is 5.91 Å². The number of thioether (sulfide) groups is 1. The molecule has 34 heavy (non-hydrogen) atoms. The summed E-state index contributed by atoms with van der Waals surface area (Å²) in [6.07, 6.45) is 1.59. The molecular formula is C24H22BrFN4O3S. The van der Waals surface area contributed by atoms with Crippen LogP contribution in [0.3, 0.4) is 0 Å². The van der Waals surface area contributed by atoms with Crippen LogP contribution in [-0.2, 0) is 11.4 Å². The van der Waals surface area contributed by atoms with Crippen LogP contribution in [0.1, 0.15) is 31.9 Å². The molecule has 7 nitrogen and oxygen atoms in total. The summed E-state index contributed by atoms with van der Waals surface area (Å²) in [5, 5.41) is 15.6. The number of benzene rings is 2. The van der Waals surface area contributed by atoms with Gasteiger partial charge in [0.25, 0.3) is 5.91 Å². The lowest BCUT2D eigenvalue weighted by Gasteiger charge is -2.20. The molecule has 4 rings (SSSR count). The summed E-state index contributed by atoms with van der Waals surface area (Å²) in [6, 6.07) is 9.58. The lowest BCUT2D eigenvalue weighted by Crippen LogP contribution is -2.35. The minimum Gasteiger partial charge on any atom is -0.490 e. The van der Waals surface area contributed by atoms with Crippen LogP contribution in [0.25, 0.3) is 6.08 Å². The van der Waals surface area contributed by atoms with Gasteiger partial charge in [-0.05, 0) is 76.1 Å².